The van der Waals surface area contributed by atoms with Gasteiger partial charge in [-0.25, -0.2) is 4.39 Å². The van der Waals surface area contributed by atoms with Crippen LogP contribution in [0.1, 0.15) is 37.2 Å². The Hall–Kier alpha value is -2.10. The molecule has 1 heterocycles. The van der Waals surface area contributed by atoms with Gasteiger partial charge in [0.05, 0.1) is 0 Å². The normalized spacial score (nSPS) is 10.8. The molecule has 0 fully saturated rings. The molecule has 0 aliphatic heterocycles. The molecular formula is C16H18FNO2. The Morgan fingerprint density at radius 2 is 1.80 bits per heavy atom. The fraction of sp³-hybridized carbons (Fsp3) is 0.312. The van der Waals surface area contributed by atoms with Crippen molar-refractivity contribution in [1.29, 1.82) is 0 Å². The summed E-state index contributed by atoms with van der Waals surface area (Å²) in [6.07, 6.45) is 1.77. The summed E-state index contributed by atoms with van der Waals surface area (Å²) in [5.74, 6) is 0.315. The van der Waals surface area contributed by atoms with Crippen molar-refractivity contribution in [2.75, 3.05) is 0 Å². The van der Waals surface area contributed by atoms with Gasteiger partial charge < -0.3 is 9.73 Å². The second-order valence-electron chi connectivity index (χ2n) is 4.66. The molecule has 2 rings (SSSR count). The van der Waals surface area contributed by atoms with Gasteiger partial charge in [0.25, 0.3) is 5.91 Å². The summed E-state index contributed by atoms with van der Waals surface area (Å²) in [6, 6.07) is 9.48. The highest BCUT2D eigenvalue weighted by Crippen LogP contribution is 2.22. The van der Waals surface area contributed by atoms with Crippen LogP contribution in [0, 0.1) is 5.82 Å². The van der Waals surface area contributed by atoms with E-state index in [-0.39, 0.29) is 23.5 Å². The van der Waals surface area contributed by atoms with E-state index in [1.54, 1.807) is 24.3 Å². The summed E-state index contributed by atoms with van der Waals surface area (Å²) < 4.78 is 18.4. The van der Waals surface area contributed by atoms with Crippen LogP contribution < -0.4 is 5.32 Å². The second-order valence-corrected chi connectivity index (χ2v) is 4.66. The molecule has 0 bridgehead atoms. The topological polar surface area (TPSA) is 42.2 Å². The minimum Gasteiger partial charge on any atom is -0.451 e. The quantitative estimate of drug-likeness (QED) is 0.896. The van der Waals surface area contributed by atoms with Crippen molar-refractivity contribution in [2.24, 2.45) is 0 Å². The van der Waals surface area contributed by atoms with E-state index in [1.807, 2.05) is 13.8 Å². The molecule has 1 aromatic heterocycles. The van der Waals surface area contributed by atoms with Gasteiger partial charge in [0.15, 0.2) is 5.76 Å². The molecular weight excluding hydrogens is 257 g/mol. The van der Waals surface area contributed by atoms with Crippen LogP contribution in [0.5, 0.6) is 0 Å². The number of halogens is 1. The molecule has 3 nitrogen and oxygen atoms in total. The number of benzene rings is 1. The molecule has 20 heavy (non-hydrogen) atoms. The third-order valence-corrected chi connectivity index (χ3v) is 3.28. The summed E-state index contributed by atoms with van der Waals surface area (Å²) >= 11 is 0. The summed E-state index contributed by atoms with van der Waals surface area (Å²) in [5, 5.41) is 2.91. The average molecular weight is 275 g/mol. The Kier molecular flexibility index (Phi) is 4.56. The minimum absolute atomic E-state index is 0.155. The molecule has 0 aliphatic carbocycles. The van der Waals surface area contributed by atoms with E-state index in [1.165, 1.54) is 12.1 Å². The highest BCUT2D eigenvalue weighted by atomic mass is 19.1. The van der Waals surface area contributed by atoms with E-state index < -0.39 is 0 Å². The van der Waals surface area contributed by atoms with Gasteiger partial charge >= 0.3 is 0 Å². The Morgan fingerprint density at radius 3 is 2.40 bits per heavy atom. The maximum Gasteiger partial charge on any atom is 0.287 e. The molecule has 4 heteroatoms. The van der Waals surface area contributed by atoms with Gasteiger partial charge in [-0.2, -0.15) is 0 Å². The number of hydrogen-bond acceptors (Lipinski definition) is 2. The van der Waals surface area contributed by atoms with Crippen molar-refractivity contribution in [1.82, 2.24) is 5.32 Å². The summed E-state index contributed by atoms with van der Waals surface area (Å²) in [7, 11) is 0. The molecule has 0 saturated heterocycles. The SMILES string of the molecule is CCC(CC)NC(=O)c1ccc(-c2ccc(F)cc2)o1. The van der Waals surface area contributed by atoms with Gasteiger partial charge in [0, 0.05) is 11.6 Å². The van der Waals surface area contributed by atoms with Gasteiger partial charge in [-0.05, 0) is 49.2 Å². The van der Waals surface area contributed by atoms with E-state index in [4.69, 9.17) is 4.42 Å². The van der Waals surface area contributed by atoms with Crippen LogP contribution in [0.2, 0.25) is 0 Å². The van der Waals surface area contributed by atoms with Crippen LogP contribution in [-0.4, -0.2) is 11.9 Å². The third-order valence-electron chi connectivity index (χ3n) is 3.28. The summed E-state index contributed by atoms with van der Waals surface area (Å²) in [4.78, 5) is 12.0. The van der Waals surface area contributed by atoms with Crippen LogP contribution in [0.3, 0.4) is 0 Å². The molecule has 0 atom stereocenters. The lowest BCUT2D eigenvalue weighted by molar-refractivity contribution is 0.0907. The van der Waals surface area contributed by atoms with Gasteiger partial charge in [0.2, 0.25) is 0 Å². The minimum atomic E-state index is -0.299. The first-order chi connectivity index (χ1) is 9.63. The first-order valence-electron chi connectivity index (χ1n) is 6.80. The monoisotopic (exact) mass is 275 g/mol. The number of furan rings is 1. The molecule has 0 radical (unpaired) electrons. The molecule has 1 N–H and O–H groups in total. The summed E-state index contributed by atoms with van der Waals surface area (Å²) in [6.45, 7) is 4.06. The maximum absolute atomic E-state index is 12.9. The average Bonchev–Trinajstić information content (AvgIpc) is 2.95. The van der Waals surface area contributed by atoms with Crippen LogP contribution in [-0.2, 0) is 0 Å². The molecule has 106 valence electrons. The van der Waals surface area contributed by atoms with Crippen molar-refractivity contribution in [2.45, 2.75) is 32.7 Å². The molecule has 0 unspecified atom stereocenters. The Balaban J connectivity index is 2.12. The fourth-order valence-corrected chi connectivity index (χ4v) is 1.98. The van der Waals surface area contributed by atoms with E-state index in [9.17, 15) is 9.18 Å². The number of rotatable bonds is 5. The zero-order valence-corrected chi connectivity index (χ0v) is 11.7. The Bertz CT molecular complexity index is 570. The van der Waals surface area contributed by atoms with E-state index in [0.717, 1.165) is 18.4 Å². The Labute approximate surface area is 117 Å². The van der Waals surface area contributed by atoms with Crippen molar-refractivity contribution in [3.05, 3.63) is 48.0 Å². The second kappa shape index (κ2) is 6.37. The Morgan fingerprint density at radius 1 is 1.15 bits per heavy atom. The standard InChI is InChI=1S/C16H18FNO2/c1-3-13(4-2)18-16(19)15-10-9-14(20-15)11-5-7-12(17)8-6-11/h5-10,13H,3-4H2,1-2H3,(H,18,19). The fourth-order valence-electron chi connectivity index (χ4n) is 1.98. The van der Waals surface area contributed by atoms with E-state index >= 15 is 0 Å². The van der Waals surface area contributed by atoms with Crippen LogP contribution in [0.4, 0.5) is 4.39 Å². The highest BCUT2D eigenvalue weighted by Gasteiger charge is 2.15. The number of hydrogen-bond donors (Lipinski definition) is 1. The van der Waals surface area contributed by atoms with Gasteiger partial charge in [0.1, 0.15) is 11.6 Å². The first kappa shape index (κ1) is 14.3. The van der Waals surface area contributed by atoms with Crippen molar-refractivity contribution >= 4 is 5.91 Å². The molecule has 0 saturated carbocycles. The third kappa shape index (κ3) is 3.26. The van der Waals surface area contributed by atoms with Crippen LogP contribution in [0.25, 0.3) is 11.3 Å². The predicted molar refractivity (Wildman–Crippen MR) is 75.9 cm³/mol. The van der Waals surface area contributed by atoms with Crippen molar-refractivity contribution in [3.63, 3.8) is 0 Å². The summed E-state index contributed by atoms with van der Waals surface area (Å²) in [5.41, 5.74) is 0.744. The number of amides is 1. The number of carbonyl (C=O) groups excluding carboxylic acids is 1. The number of nitrogens with one attached hydrogen (secondary N) is 1. The number of carbonyl (C=O) groups is 1. The first-order valence-corrected chi connectivity index (χ1v) is 6.80. The van der Waals surface area contributed by atoms with Crippen LogP contribution in [0.15, 0.2) is 40.8 Å². The molecule has 0 spiro atoms. The van der Waals surface area contributed by atoms with Gasteiger partial charge in [-0.3, -0.25) is 4.79 Å². The van der Waals surface area contributed by atoms with E-state index in [0.29, 0.717) is 5.76 Å². The van der Waals surface area contributed by atoms with Gasteiger partial charge in [-0.1, -0.05) is 13.8 Å². The van der Waals surface area contributed by atoms with Crippen LogP contribution >= 0.6 is 0 Å². The lowest BCUT2D eigenvalue weighted by atomic mass is 10.1. The van der Waals surface area contributed by atoms with Crippen molar-refractivity contribution in [3.8, 4) is 11.3 Å². The van der Waals surface area contributed by atoms with E-state index in [2.05, 4.69) is 5.32 Å². The maximum atomic E-state index is 12.9. The molecule has 0 aliphatic rings. The zero-order chi connectivity index (χ0) is 14.5. The molecule has 1 amide bonds. The lowest BCUT2D eigenvalue weighted by Gasteiger charge is -2.13. The smallest absolute Gasteiger partial charge is 0.287 e. The predicted octanol–water partition coefficient (Wildman–Crippen LogP) is 4.00. The largest absolute Gasteiger partial charge is 0.451 e. The van der Waals surface area contributed by atoms with Gasteiger partial charge in [-0.15, -0.1) is 0 Å². The van der Waals surface area contributed by atoms with Crippen molar-refractivity contribution < 1.29 is 13.6 Å². The molecule has 1 aromatic carbocycles. The zero-order valence-electron chi connectivity index (χ0n) is 11.7. The molecule has 2 aromatic rings. The lowest BCUT2D eigenvalue weighted by Crippen LogP contribution is -2.33. The highest BCUT2D eigenvalue weighted by molar-refractivity contribution is 5.92.